The minimum atomic E-state index is -1.06. The van der Waals surface area contributed by atoms with Crippen molar-refractivity contribution in [2.24, 2.45) is 0 Å². The Balaban J connectivity index is 1.89. The number of fused-ring (bicyclic) bond motifs is 1. The largest absolute Gasteiger partial charge is 0.379 e. The second-order valence-electron chi connectivity index (χ2n) is 5.81. The number of β-amino-alcohol motifs (C(OH)–C–C–N with tert-alkyl or cyclic N) is 1. The van der Waals surface area contributed by atoms with Crippen molar-refractivity contribution in [1.82, 2.24) is 9.71 Å². The average molecular weight is 389 g/mol. The Morgan fingerprint density at radius 2 is 1.96 bits per heavy atom. The third kappa shape index (κ3) is 2.96. The van der Waals surface area contributed by atoms with Gasteiger partial charge in [-0.25, -0.2) is 0 Å². The summed E-state index contributed by atoms with van der Waals surface area (Å²) in [5.41, 5.74) is 1.89. The molecule has 0 spiro atoms. The summed E-state index contributed by atoms with van der Waals surface area (Å²) in [5, 5.41) is 14.4. The molecule has 2 unspecified atom stereocenters. The number of thiophene rings is 1. The predicted octanol–water partition coefficient (Wildman–Crippen LogP) is 4.67. The lowest BCUT2D eigenvalue weighted by molar-refractivity contribution is 0.0826. The van der Waals surface area contributed by atoms with Gasteiger partial charge in [-0.15, -0.1) is 11.3 Å². The maximum absolute atomic E-state index is 11.5. The number of aliphatic hydroxyl groups is 1. The molecule has 1 aliphatic heterocycles. The maximum Gasteiger partial charge on any atom is 0.130 e. The zero-order valence-corrected chi connectivity index (χ0v) is 16.0. The SMILES string of the molecule is C/C=S1/NCC(O)(c2ccc(Cl)cc2)c2cc(-c3ccncc3)sc21. The van der Waals surface area contributed by atoms with Gasteiger partial charge in [0.25, 0.3) is 0 Å². The number of benzene rings is 1. The molecule has 1 aromatic carbocycles. The number of halogens is 1. The van der Waals surface area contributed by atoms with Crippen LogP contribution < -0.4 is 4.72 Å². The summed E-state index contributed by atoms with van der Waals surface area (Å²) in [5.74, 6) is 0. The van der Waals surface area contributed by atoms with Gasteiger partial charge in [-0.3, -0.25) is 9.71 Å². The van der Waals surface area contributed by atoms with E-state index in [1.165, 1.54) is 4.21 Å². The molecule has 6 heteroatoms. The van der Waals surface area contributed by atoms with Crippen LogP contribution in [0.3, 0.4) is 0 Å². The first-order chi connectivity index (χ1) is 12.1. The predicted molar refractivity (Wildman–Crippen MR) is 108 cm³/mol. The van der Waals surface area contributed by atoms with E-state index < -0.39 is 5.60 Å². The van der Waals surface area contributed by atoms with E-state index in [2.05, 4.69) is 28.1 Å². The molecule has 128 valence electrons. The Hall–Kier alpha value is -1.50. The smallest absolute Gasteiger partial charge is 0.130 e. The first-order valence-corrected chi connectivity index (χ1v) is 10.4. The summed E-state index contributed by atoms with van der Waals surface area (Å²) in [6, 6.07) is 13.6. The molecular formula is C19H17ClN2OS2. The van der Waals surface area contributed by atoms with Crippen molar-refractivity contribution < 1.29 is 5.11 Å². The lowest BCUT2D eigenvalue weighted by Gasteiger charge is -2.35. The van der Waals surface area contributed by atoms with E-state index in [1.807, 2.05) is 36.4 Å². The van der Waals surface area contributed by atoms with Gasteiger partial charge < -0.3 is 5.11 Å². The fourth-order valence-electron chi connectivity index (χ4n) is 3.00. The van der Waals surface area contributed by atoms with Gasteiger partial charge >= 0.3 is 0 Å². The van der Waals surface area contributed by atoms with Crippen molar-refractivity contribution in [2.45, 2.75) is 16.7 Å². The molecule has 2 atom stereocenters. The lowest BCUT2D eigenvalue weighted by atomic mass is 9.87. The highest BCUT2D eigenvalue weighted by atomic mass is 35.5. The van der Waals surface area contributed by atoms with Crippen LogP contribution in [-0.2, 0) is 5.60 Å². The quantitative estimate of drug-likeness (QED) is 0.627. The zero-order valence-electron chi connectivity index (χ0n) is 13.6. The zero-order chi connectivity index (χ0) is 17.4. The Kier molecular flexibility index (Phi) is 4.52. The van der Waals surface area contributed by atoms with Crippen LogP contribution in [-0.4, -0.2) is 22.0 Å². The number of nitrogens with zero attached hydrogens (tertiary/aromatic N) is 1. The number of hydrogen-bond donors (Lipinski definition) is 2. The van der Waals surface area contributed by atoms with Gasteiger partial charge in [-0.2, -0.15) is 0 Å². The van der Waals surface area contributed by atoms with Crippen LogP contribution in [0.4, 0.5) is 0 Å². The second-order valence-corrected chi connectivity index (χ2v) is 9.40. The molecule has 0 fully saturated rings. The van der Waals surface area contributed by atoms with Crippen LogP contribution >= 0.6 is 33.6 Å². The third-order valence-corrected chi connectivity index (χ3v) is 7.91. The minimum Gasteiger partial charge on any atom is -0.379 e. The van der Waals surface area contributed by atoms with Gasteiger partial charge in [-0.05, 0) is 53.7 Å². The van der Waals surface area contributed by atoms with Gasteiger partial charge in [0, 0.05) is 34.4 Å². The number of aromatic nitrogens is 1. The molecule has 4 rings (SSSR count). The molecule has 0 amide bonds. The van der Waals surface area contributed by atoms with Crippen LogP contribution in [0.2, 0.25) is 5.02 Å². The van der Waals surface area contributed by atoms with Crippen LogP contribution in [0.5, 0.6) is 0 Å². The summed E-state index contributed by atoms with van der Waals surface area (Å²) < 4.78 is 4.66. The Labute approximate surface area is 158 Å². The van der Waals surface area contributed by atoms with Gasteiger partial charge in [0.2, 0.25) is 0 Å². The molecule has 0 radical (unpaired) electrons. The van der Waals surface area contributed by atoms with E-state index >= 15 is 0 Å². The fraction of sp³-hybridized carbons (Fsp3) is 0.158. The number of nitrogens with one attached hydrogen (secondary N) is 1. The first-order valence-electron chi connectivity index (χ1n) is 7.91. The first kappa shape index (κ1) is 16.9. The molecule has 3 aromatic rings. The third-order valence-electron chi connectivity index (χ3n) is 4.35. The number of pyridine rings is 1. The van der Waals surface area contributed by atoms with E-state index in [0.29, 0.717) is 11.6 Å². The van der Waals surface area contributed by atoms with Crippen molar-refractivity contribution >= 4 is 39.0 Å². The molecule has 1 aliphatic rings. The van der Waals surface area contributed by atoms with Crippen LogP contribution in [0.25, 0.3) is 10.4 Å². The Morgan fingerprint density at radius 1 is 1.24 bits per heavy atom. The summed E-state index contributed by atoms with van der Waals surface area (Å²) in [6.07, 6.45) is 3.59. The van der Waals surface area contributed by atoms with Crippen molar-refractivity contribution in [1.29, 1.82) is 0 Å². The molecule has 25 heavy (non-hydrogen) atoms. The average Bonchev–Trinajstić information content (AvgIpc) is 3.10. The van der Waals surface area contributed by atoms with Crippen LogP contribution in [0.1, 0.15) is 18.1 Å². The van der Waals surface area contributed by atoms with Crippen LogP contribution in [0, 0.1) is 0 Å². The Morgan fingerprint density at radius 3 is 2.64 bits per heavy atom. The summed E-state index contributed by atoms with van der Waals surface area (Å²) >= 11 is 7.75. The van der Waals surface area contributed by atoms with Crippen molar-refractivity contribution in [2.75, 3.05) is 6.54 Å². The molecular weight excluding hydrogens is 372 g/mol. The van der Waals surface area contributed by atoms with Crippen molar-refractivity contribution in [3.8, 4) is 10.4 Å². The molecule has 3 nitrogen and oxygen atoms in total. The highest BCUT2D eigenvalue weighted by Gasteiger charge is 2.39. The van der Waals surface area contributed by atoms with Crippen molar-refractivity contribution in [3.63, 3.8) is 0 Å². The molecule has 2 aromatic heterocycles. The van der Waals surface area contributed by atoms with E-state index in [0.717, 1.165) is 21.6 Å². The summed E-state index contributed by atoms with van der Waals surface area (Å²) in [4.78, 5) is 5.24. The standard InChI is InChI=1S/C19H17ClN2OS2/c1-2-25-18-16(11-17(24-18)13-7-9-21-10-8-13)19(23,12-22-25)14-3-5-15(20)6-4-14/h2-11,22-23H,12H2,1H3. The summed E-state index contributed by atoms with van der Waals surface area (Å²) in [6.45, 7) is 2.53. The molecule has 0 saturated heterocycles. The molecule has 0 bridgehead atoms. The van der Waals surface area contributed by atoms with E-state index in [4.69, 9.17) is 11.6 Å². The van der Waals surface area contributed by atoms with Gasteiger partial charge in [0.05, 0.1) is 4.21 Å². The highest BCUT2D eigenvalue weighted by molar-refractivity contribution is 8.14. The van der Waals surface area contributed by atoms with Crippen LogP contribution in [0.15, 0.2) is 59.1 Å². The Bertz CT molecular complexity index is 938. The van der Waals surface area contributed by atoms with E-state index in [-0.39, 0.29) is 10.7 Å². The number of hydrogen-bond acceptors (Lipinski definition) is 4. The maximum atomic E-state index is 11.5. The molecule has 0 saturated carbocycles. The minimum absolute atomic E-state index is 0.162. The second kappa shape index (κ2) is 6.67. The highest BCUT2D eigenvalue weighted by Crippen LogP contribution is 2.48. The monoisotopic (exact) mass is 388 g/mol. The normalized spacial score (nSPS) is 22.8. The lowest BCUT2D eigenvalue weighted by Crippen LogP contribution is -2.40. The van der Waals surface area contributed by atoms with Crippen molar-refractivity contribution in [3.05, 3.63) is 71.0 Å². The topological polar surface area (TPSA) is 45.1 Å². The fourth-order valence-corrected chi connectivity index (χ4v) is 6.53. The molecule has 0 aliphatic carbocycles. The molecule has 2 N–H and O–H groups in total. The van der Waals surface area contributed by atoms with Gasteiger partial charge in [0.1, 0.15) is 5.60 Å². The van der Waals surface area contributed by atoms with E-state index in [1.54, 1.807) is 23.7 Å². The van der Waals surface area contributed by atoms with Gasteiger partial charge in [-0.1, -0.05) is 34.4 Å². The number of rotatable bonds is 2. The van der Waals surface area contributed by atoms with E-state index in [9.17, 15) is 5.11 Å². The summed E-state index contributed by atoms with van der Waals surface area (Å²) in [7, 11) is -0.162. The molecule has 3 heterocycles. The van der Waals surface area contributed by atoms with Gasteiger partial charge in [0.15, 0.2) is 0 Å².